The van der Waals surface area contributed by atoms with Crippen molar-refractivity contribution in [2.45, 2.75) is 43.8 Å². The van der Waals surface area contributed by atoms with Crippen LogP contribution in [0.3, 0.4) is 0 Å². The van der Waals surface area contributed by atoms with Gasteiger partial charge in [-0.3, -0.25) is 0 Å². The number of epoxide rings is 1. The van der Waals surface area contributed by atoms with Gasteiger partial charge in [0.25, 0.3) is 0 Å². The number of halogens is 3. The summed E-state index contributed by atoms with van der Waals surface area (Å²) in [6.45, 7) is 1.70. The summed E-state index contributed by atoms with van der Waals surface area (Å²) in [4.78, 5) is 0. The summed E-state index contributed by atoms with van der Waals surface area (Å²) in [5.41, 5.74) is 2.19. The molecule has 6 heteroatoms. The van der Waals surface area contributed by atoms with E-state index in [9.17, 15) is 13.2 Å². The normalized spacial score (nSPS) is 24.3. The van der Waals surface area contributed by atoms with E-state index in [4.69, 9.17) is 14.2 Å². The first-order valence-electron chi connectivity index (χ1n) is 9.66. The van der Waals surface area contributed by atoms with Crippen LogP contribution >= 0.6 is 0 Å². The molecule has 2 aromatic rings. The van der Waals surface area contributed by atoms with Gasteiger partial charge >= 0.3 is 0 Å². The summed E-state index contributed by atoms with van der Waals surface area (Å²) in [5, 5.41) is 0. The molecule has 1 aliphatic carbocycles. The van der Waals surface area contributed by atoms with Crippen molar-refractivity contribution in [3.05, 3.63) is 59.4 Å². The van der Waals surface area contributed by atoms with E-state index in [1.165, 1.54) is 5.56 Å². The van der Waals surface area contributed by atoms with Crippen molar-refractivity contribution in [3.63, 3.8) is 0 Å². The number of benzene rings is 2. The minimum Gasteiger partial charge on any atom is -0.371 e. The van der Waals surface area contributed by atoms with E-state index in [1.54, 1.807) is 0 Å². The van der Waals surface area contributed by atoms with Crippen molar-refractivity contribution in [1.29, 1.82) is 0 Å². The summed E-state index contributed by atoms with van der Waals surface area (Å²) in [5.74, 6) is -3.35. The number of hydrogen-bond donors (Lipinski definition) is 0. The second-order valence-electron chi connectivity index (χ2n) is 7.46. The molecular formula is C22H23F3O3. The lowest BCUT2D eigenvalue weighted by molar-refractivity contribution is -0.102. The molecule has 150 valence electrons. The zero-order valence-electron chi connectivity index (χ0n) is 15.5. The molecule has 0 bridgehead atoms. The molecule has 0 N–H and O–H groups in total. The Balaban J connectivity index is 1.29. The van der Waals surface area contributed by atoms with Crippen molar-refractivity contribution in [3.8, 4) is 11.1 Å². The third-order valence-corrected chi connectivity index (χ3v) is 5.47. The maximum Gasteiger partial charge on any atom is 0.194 e. The first-order valence-corrected chi connectivity index (χ1v) is 9.66. The highest BCUT2D eigenvalue weighted by atomic mass is 19.2. The third kappa shape index (κ3) is 4.74. The predicted molar refractivity (Wildman–Crippen MR) is 98.4 cm³/mol. The standard InChI is InChI=1S/C22H23F3O3/c23-20-9-17(10-21(24)22(20)25)16-3-1-14(2-4-16)15-5-7-18(8-6-15)28-13-26-11-19-12-27-19/h1-4,9-10,15,18-19H,5-8,11-13H2. The molecule has 1 saturated carbocycles. The fourth-order valence-corrected chi connectivity index (χ4v) is 3.72. The highest BCUT2D eigenvalue weighted by Gasteiger charge is 2.24. The monoisotopic (exact) mass is 392 g/mol. The Morgan fingerprint density at radius 1 is 0.893 bits per heavy atom. The average molecular weight is 392 g/mol. The molecule has 0 aromatic heterocycles. The van der Waals surface area contributed by atoms with E-state index in [-0.39, 0.29) is 12.2 Å². The Morgan fingerprint density at radius 3 is 2.14 bits per heavy atom. The van der Waals surface area contributed by atoms with Crippen LogP contribution < -0.4 is 0 Å². The molecule has 1 atom stereocenters. The first-order chi connectivity index (χ1) is 13.6. The molecule has 28 heavy (non-hydrogen) atoms. The molecule has 1 heterocycles. The minimum atomic E-state index is -1.44. The second kappa shape index (κ2) is 8.64. The van der Waals surface area contributed by atoms with Gasteiger partial charge in [-0.05, 0) is 60.4 Å². The summed E-state index contributed by atoms with van der Waals surface area (Å²) < 4.78 is 56.3. The van der Waals surface area contributed by atoms with Crippen molar-refractivity contribution >= 4 is 0 Å². The molecule has 0 radical (unpaired) electrons. The molecule has 2 aliphatic rings. The first kappa shape index (κ1) is 19.4. The molecule has 2 aromatic carbocycles. The summed E-state index contributed by atoms with van der Waals surface area (Å²) >= 11 is 0. The van der Waals surface area contributed by atoms with Gasteiger partial charge in [-0.1, -0.05) is 24.3 Å². The van der Waals surface area contributed by atoms with Crippen molar-refractivity contribution < 1.29 is 27.4 Å². The molecule has 0 spiro atoms. The van der Waals surface area contributed by atoms with Crippen LogP contribution in [0.25, 0.3) is 11.1 Å². The lowest BCUT2D eigenvalue weighted by Crippen LogP contribution is -2.22. The predicted octanol–water partition coefficient (Wildman–Crippen LogP) is 5.19. The smallest absolute Gasteiger partial charge is 0.194 e. The Morgan fingerprint density at radius 2 is 1.54 bits per heavy atom. The van der Waals surface area contributed by atoms with Gasteiger partial charge in [0.1, 0.15) is 12.9 Å². The van der Waals surface area contributed by atoms with Crippen LogP contribution in [-0.2, 0) is 14.2 Å². The van der Waals surface area contributed by atoms with Gasteiger partial charge in [0.2, 0.25) is 0 Å². The highest BCUT2D eigenvalue weighted by Crippen LogP contribution is 2.35. The SMILES string of the molecule is Fc1cc(-c2ccc(C3CCC(OCOCC4CO4)CC3)cc2)cc(F)c1F. The average Bonchev–Trinajstić information content (AvgIpc) is 3.54. The fourth-order valence-electron chi connectivity index (χ4n) is 3.72. The summed E-state index contributed by atoms with van der Waals surface area (Å²) in [6.07, 6.45) is 4.48. The van der Waals surface area contributed by atoms with Crippen molar-refractivity contribution in [1.82, 2.24) is 0 Å². The van der Waals surface area contributed by atoms with Gasteiger partial charge in [0.15, 0.2) is 17.5 Å². The van der Waals surface area contributed by atoms with Crippen LogP contribution in [0, 0.1) is 17.5 Å². The van der Waals surface area contributed by atoms with Crippen molar-refractivity contribution in [2.75, 3.05) is 20.0 Å². The molecule has 4 rings (SSSR count). The number of rotatable bonds is 7. The lowest BCUT2D eigenvalue weighted by Gasteiger charge is -2.28. The fraction of sp³-hybridized carbons (Fsp3) is 0.455. The number of hydrogen-bond acceptors (Lipinski definition) is 3. The minimum absolute atomic E-state index is 0.223. The molecule has 1 aliphatic heterocycles. The zero-order chi connectivity index (χ0) is 19.5. The lowest BCUT2D eigenvalue weighted by atomic mass is 9.82. The van der Waals surface area contributed by atoms with E-state index < -0.39 is 17.5 Å². The largest absolute Gasteiger partial charge is 0.371 e. The van der Waals surface area contributed by atoms with E-state index in [2.05, 4.69) is 0 Å². The van der Waals surface area contributed by atoms with E-state index in [0.717, 1.165) is 44.4 Å². The number of ether oxygens (including phenoxy) is 3. The molecular weight excluding hydrogens is 369 g/mol. The molecule has 1 saturated heterocycles. The van der Waals surface area contributed by atoms with Crippen LogP contribution in [0.4, 0.5) is 13.2 Å². The molecule has 0 amide bonds. The maximum atomic E-state index is 13.4. The van der Waals surface area contributed by atoms with Crippen molar-refractivity contribution in [2.24, 2.45) is 0 Å². The van der Waals surface area contributed by atoms with Gasteiger partial charge in [-0.15, -0.1) is 0 Å². The highest BCUT2D eigenvalue weighted by molar-refractivity contribution is 5.64. The Labute approximate surface area is 162 Å². The van der Waals surface area contributed by atoms with Crippen LogP contribution in [-0.4, -0.2) is 32.2 Å². The topological polar surface area (TPSA) is 31.0 Å². The van der Waals surface area contributed by atoms with Gasteiger partial charge in [-0.2, -0.15) is 0 Å². The molecule has 3 nitrogen and oxygen atoms in total. The van der Waals surface area contributed by atoms with E-state index in [0.29, 0.717) is 30.4 Å². The van der Waals surface area contributed by atoms with E-state index >= 15 is 0 Å². The van der Waals surface area contributed by atoms with E-state index in [1.807, 2.05) is 24.3 Å². The molecule has 1 unspecified atom stereocenters. The quantitative estimate of drug-likeness (QED) is 0.281. The van der Waals surface area contributed by atoms with Crippen LogP contribution in [0.15, 0.2) is 36.4 Å². The van der Waals surface area contributed by atoms with Gasteiger partial charge in [-0.25, -0.2) is 13.2 Å². The zero-order valence-corrected chi connectivity index (χ0v) is 15.5. The second-order valence-corrected chi connectivity index (χ2v) is 7.46. The Hall–Kier alpha value is -1.89. The van der Waals surface area contributed by atoms with Gasteiger partial charge < -0.3 is 14.2 Å². The Kier molecular flexibility index (Phi) is 5.99. The summed E-state index contributed by atoms with van der Waals surface area (Å²) in [6, 6.07) is 9.68. The molecule has 2 fully saturated rings. The van der Waals surface area contributed by atoms with Crippen LogP contribution in [0.5, 0.6) is 0 Å². The van der Waals surface area contributed by atoms with Gasteiger partial charge in [0.05, 0.1) is 19.3 Å². The third-order valence-electron chi connectivity index (χ3n) is 5.47. The van der Waals surface area contributed by atoms with Crippen LogP contribution in [0.2, 0.25) is 0 Å². The Bertz CT molecular complexity index is 774. The van der Waals surface area contributed by atoms with Gasteiger partial charge in [0, 0.05) is 0 Å². The van der Waals surface area contributed by atoms with Crippen LogP contribution in [0.1, 0.15) is 37.2 Å². The maximum absolute atomic E-state index is 13.4. The summed E-state index contributed by atoms with van der Waals surface area (Å²) in [7, 11) is 0.